The van der Waals surface area contributed by atoms with Crippen LogP contribution in [0.25, 0.3) is 0 Å². The van der Waals surface area contributed by atoms with E-state index in [1.807, 2.05) is 12.3 Å². The van der Waals surface area contributed by atoms with Gasteiger partial charge in [0, 0.05) is 19.5 Å². The second-order valence-corrected chi connectivity index (χ2v) is 9.21. The Morgan fingerprint density at radius 1 is 1.27 bits per heavy atom. The standard InChI is InChI=1S/C20H28N6O6S/c27-18(17-12-14(25-32-17)6-4-9-21-20-22-10-5-11-23-20)24-13-16(19(28)29)26-33(30,31)15-7-2-1-3-8-15/h1-3,5,7-8,10,16-17,20-23,26H,4,6,9,11-13H2,(H,24,27)(H,28,29). The first kappa shape index (κ1) is 24.6. The molecule has 1 aromatic carbocycles. The topological polar surface area (TPSA) is 170 Å². The van der Waals surface area contributed by atoms with Crippen molar-refractivity contribution in [3.05, 3.63) is 42.6 Å². The van der Waals surface area contributed by atoms with Crippen LogP contribution in [-0.4, -0.2) is 69.2 Å². The number of carbonyl (C=O) groups excluding carboxylic acids is 1. The molecule has 0 spiro atoms. The summed E-state index contributed by atoms with van der Waals surface area (Å²) in [6.07, 6.45) is 4.73. The van der Waals surface area contributed by atoms with Crippen LogP contribution in [0.5, 0.6) is 0 Å². The first-order chi connectivity index (χ1) is 15.8. The Morgan fingerprint density at radius 2 is 2.06 bits per heavy atom. The van der Waals surface area contributed by atoms with E-state index in [2.05, 4.69) is 31.1 Å². The van der Waals surface area contributed by atoms with Gasteiger partial charge in [-0.2, -0.15) is 4.72 Å². The molecule has 2 aliphatic heterocycles. The Balaban J connectivity index is 1.39. The van der Waals surface area contributed by atoms with Gasteiger partial charge in [0.1, 0.15) is 12.3 Å². The first-order valence-electron chi connectivity index (χ1n) is 10.5. The van der Waals surface area contributed by atoms with Crippen LogP contribution in [0.1, 0.15) is 19.3 Å². The van der Waals surface area contributed by atoms with E-state index in [-0.39, 0.29) is 11.2 Å². The SMILES string of the molecule is O=C(O)C(CNC(=O)C1CC(CCCNC2NC=CCN2)=NO1)NS(=O)(=O)c1ccccc1. The van der Waals surface area contributed by atoms with Crippen molar-refractivity contribution in [2.24, 2.45) is 5.16 Å². The van der Waals surface area contributed by atoms with Crippen molar-refractivity contribution in [3.8, 4) is 0 Å². The van der Waals surface area contributed by atoms with Crippen LogP contribution in [0, 0.1) is 0 Å². The number of amides is 1. The normalized spacial score (nSPS) is 20.9. The first-order valence-corrected chi connectivity index (χ1v) is 12.0. The van der Waals surface area contributed by atoms with Gasteiger partial charge in [0.2, 0.25) is 16.1 Å². The Hall–Kier alpha value is -3.00. The number of benzene rings is 1. The van der Waals surface area contributed by atoms with E-state index in [9.17, 15) is 23.1 Å². The third-order valence-electron chi connectivity index (χ3n) is 4.96. The van der Waals surface area contributed by atoms with Crippen molar-refractivity contribution in [3.63, 3.8) is 0 Å². The average molecular weight is 481 g/mol. The number of carboxylic acid groups (broad SMARTS) is 1. The summed E-state index contributed by atoms with van der Waals surface area (Å²) in [5, 5.41) is 25.4. The molecule has 2 heterocycles. The Bertz CT molecular complexity index is 984. The summed E-state index contributed by atoms with van der Waals surface area (Å²) in [5.41, 5.74) is 0.737. The van der Waals surface area contributed by atoms with Crippen LogP contribution < -0.4 is 26.0 Å². The average Bonchev–Trinajstić information content (AvgIpc) is 3.29. The van der Waals surface area contributed by atoms with Gasteiger partial charge in [-0.3, -0.25) is 20.2 Å². The van der Waals surface area contributed by atoms with Crippen molar-refractivity contribution in [2.75, 3.05) is 19.6 Å². The Morgan fingerprint density at radius 3 is 2.76 bits per heavy atom. The maximum atomic E-state index is 12.4. The van der Waals surface area contributed by atoms with Gasteiger partial charge >= 0.3 is 5.97 Å². The summed E-state index contributed by atoms with van der Waals surface area (Å²) in [6, 6.07) is 5.85. The quantitative estimate of drug-likeness (QED) is 0.206. The number of aliphatic carboxylic acids is 1. The van der Waals surface area contributed by atoms with E-state index in [0.717, 1.165) is 25.2 Å². The maximum absolute atomic E-state index is 12.4. The van der Waals surface area contributed by atoms with Gasteiger partial charge in [0.05, 0.1) is 10.6 Å². The lowest BCUT2D eigenvalue weighted by Gasteiger charge is -2.22. The third kappa shape index (κ3) is 7.53. The second-order valence-electron chi connectivity index (χ2n) is 7.49. The molecule has 0 bridgehead atoms. The molecule has 2 aliphatic rings. The lowest BCUT2D eigenvalue weighted by Crippen LogP contribution is -2.53. The van der Waals surface area contributed by atoms with Gasteiger partial charge in [-0.15, -0.1) is 0 Å². The minimum atomic E-state index is -4.06. The number of hydrogen-bond acceptors (Lipinski definition) is 9. The van der Waals surface area contributed by atoms with Crippen LogP contribution in [0.3, 0.4) is 0 Å². The summed E-state index contributed by atoms with van der Waals surface area (Å²) in [7, 11) is -4.06. The molecule has 0 saturated carbocycles. The monoisotopic (exact) mass is 480 g/mol. The van der Waals surface area contributed by atoms with Crippen LogP contribution in [0.4, 0.5) is 0 Å². The number of nitrogens with zero attached hydrogens (tertiary/aromatic N) is 1. The van der Waals surface area contributed by atoms with Gasteiger partial charge in [-0.1, -0.05) is 29.4 Å². The summed E-state index contributed by atoms with van der Waals surface area (Å²) >= 11 is 0. The van der Waals surface area contributed by atoms with Gasteiger partial charge in [-0.05, 0) is 37.7 Å². The van der Waals surface area contributed by atoms with E-state index in [1.54, 1.807) is 6.07 Å². The highest BCUT2D eigenvalue weighted by Gasteiger charge is 2.30. The van der Waals surface area contributed by atoms with Crippen molar-refractivity contribution in [1.29, 1.82) is 0 Å². The highest BCUT2D eigenvalue weighted by atomic mass is 32.2. The number of nitrogens with one attached hydrogen (secondary N) is 5. The van der Waals surface area contributed by atoms with Crippen LogP contribution in [-0.2, 0) is 24.4 Å². The molecule has 1 aromatic rings. The predicted octanol–water partition coefficient (Wildman–Crippen LogP) is -0.961. The zero-order valence-electron chi connectivity index (χ0n) is 17.9. The molecule has 0 aromatic heterocycles. The Labute approximate surface area is 191 Å². The molecule has 0 aliphatic carbocycles. The van der Waals surface area contributed by atoms with Gasteiger partial charge < -0.3 is 20.6 Å². The summed E-state index contributed by atoms with van der Waals surface area (Å²) in [4.78, 5) is 29.0. The fraction of sp³-hybridized carbons (Fsp3) is 0.450. The lowest BCUT2D eigenvalue weighted by atomic mass is 10.1. The fourth-order valence-electron chi connectivity index (χ4n) is 3.20. The smallest absolute Gasteiger partial charge is 0.323 e. The zero-order valence-corrected chi connectivity index (χ0v) is 18.7. The van der Waals surface area contributed by atoms with Gasteiger partial charge in [0.15, 0.2) is 0 Å². The summed E-state index contributed by atoms with van der Waals surface area (Å²) < 4.78 is 26.8. The second kappa shape index (κ2) is 11.7. The molecular weight excluding hydrogens is 452 g/mol. The summed E-state index contributed by atoms with van der Waals surface area (Å²) in [5.74, 6) is -1.97. The van der Waals surface area contributed by atoms with Crippen molar-refractivity contribution < 1.29 is 28.0 Å². The molecule has 13 heteroatoms. The molecule has 3 rings (SSSR count). The number of carboxylic acids is 1. The van der Waals surface area contributed by atoms with Gasteiger partial charge in [-0.25, -0.2) is 8.42 Å². The number of oxime groups is 1. The molecule has 3 atom stereocenters. The minimum absolute atomic E-state index is 0.0109. The molecule has 0 saturated heterocycles. The van der Waals surface area contributed by atoms with Crippen LogP contribution in [0.2, 0.25) is 0 Å². The molecule has 12 nitrogen and oxygen atoms in total. The van der Waals surface area contributed by atoms with Crippen LogP contribution in [0.15, 0.2) is 52.7 Å². The van der Waals surface area contributed by atoms with E-state index >= 15 is 0 Å². The molecule has 0 fully saturated rings. The predicted molar refractivity (Wildman–Crippen MR) is 119 cm³/mol. The Kier molecular flexibility index (Phi) is 8.77. The zero-order chi connectivity index (χ0) is 23.7. The van der Waals surface area contributed by atoms with E-state index < -0.39 is 40.6 Å². The molecule has 1 amide bonds. The van der Waals surface area contributed by atoms with Crippen molar-refractivity contribution in [1.82, 2.24) is 26.0 Å². The van der Waals surface area contributed by atoms with E-state index in [4.69, 9.17) is 4.84 Å². The number of rotatable bonds is 12. The fourth-order valence-corrected chi connectivity index (χ4v) is 4.41. The van der Waals surface area contributed by atoms with E-state index in [1.165, 1.54) is 24.3 Å². The van der Waals surface area contributed by atoms with Crippen molar-refractivity contribution in [2.45, 2.75) is 42.6 Å². The maximum Gasteiger partial charge on any atom is 0.323 e. The number of hydrogen-bond donors (Lipinski definition) is 6. The van der Waals surface area contributed by atoms with Crippen molar-refractivity contribution >= 4 is 27.6 Å². The number of sulfonamides is 1. The van der Waals surface area contributed by atoms with Gasteiger partial charge in [0.25, 0.3) is 5.91 Å². The van der Waals surface area contributed by atoms with E-state index in [0.29, 0.717) is 12.8 Å². The number of carbonyl (C=O) groups is 2. The molecule has 6 N–H and O–H groups in total. The largest absolute Gasteiger partial charge is 0.480 e. The highest BCUT2D eigenvalue weighted by molar-refractivity contribution is 7.89. The summed E-state index contributed by atoms with van der Waals surface area (Å²) in [6.45, 7) is 1.09. The third-order valence-corrected chi connectivity index (χ3v) is 6.45. The van der Waals surface area contributed by atoms with Crippen LogP contribution >= 0.6 is 0 Å². The molecule has 33 heavy (non-hydrogen) atoms. The molecule has 0 radical (unpaired) electrons. The lowest BCUT2D eigenvalue weighted by molar-refractivity contribution is -0.139. The molecular formula is C20H28N6O6S. The molecule has 3 unspecified atom stereocenters. The molecule has 180 valence electrons. The minimum Gasteiger partial charge on any atom is -0.480 e. The highest BCUT2D eigenvalue weighted by Crippen LogP contribution is 2.14.